The molecule has 0 unspecified atom stereocenters. The molecule has 1 heterocycles. The number of benzene rings is 1. The summed E-state index contributed by atoms with van der Waals surface area (Å²) in [6.07, 6.45) is 3.33. The van der Waals surface area contributed by atoms with Crippen LogP contribution in [0, 0.1) is 5.92 Å². The van der Waals surface area contributed by atoms with Gasteiger partial charge in [0.25, 0.3) is 0 Å². The summed E-state index contributed by atoms with van der Waals surface area (Å²) in [5.41, 5.74) is 0.231. The second-order valence-corrected chi connectivity index (χ2v) is 5.79. The van der Waals surface area contributed by atoms with Gasteiger partial charge in [0.05, 0.1) is 19.7 Å². The zero-order valence-corrected chi connectivity index (χ0v) is 12.9. The molecule has 0 aliphatic carbocycles. The van der Waals surface area contributed by atoms with Crippen molar-refractivity contribution in [2.24, 2.45) is 5.92 Å². The van der Waals surface area contributed by atoms with Crippen LogP contribution in [0.3, 0.4) is 0 Å². The summed E-state index contributed by atoms with van der Waals surface area (Å²) < 4.78 is 5.37. The average molecular weight is 289 g/mol. The van der Waals surface area contributed by atoms with Crippen molar-refractivity contribution in [3.05, 3.63) is 35.9 Å². The van der Waals surface area contributed by atoms with E-state index in [1.54, 1.807) is 17.1 Å². The number of ether oxygens (including phenoxy) is 1. The lowest BCUT2D eigenvalue weighted by Gasteiger charge is -2.48. The van der Waals surface area contributed by atoms with Crippen molar-refractivity contribution >= 4 is 12.0 Å². The summed E-state index contributed by atoms with van der Waals surface area (Å²) in [5.74, 6) is 0.927. The normalized spacial score (nSPS) is 17.1. The zero-order chi connectivity index (χ0) is 15.5. The number of likely N-dealkylation sites (tertiary alicyclic amines) is 1. The van der Waals surface area contributed by atoms with Crippen molar-refractivity contribution in [3.8, 4) is 5.75 Å². The number of hydrogen-bond acceptors (Lipinski definition) is 3. The van der Waals surface area contributed by atoms with Crippen molar-refractivity contribution in [2.75, 3.05) is 19.7 Å². The first-order valence-electron chi connectivity index (χ1n) is 7.37. The van der Waals surface area contributed by atoms with E-state index in [0.717, 1.165) is 11.3 Å². The summed E-state index contributed by atoms with van der Waals surface area (Å²) in [6.45, 7) is 7.35. The van der Waals surface area contributed by atoms with Gasteiger partial charge in [-0.1, -0.05) is 26.0 Å². The molecule has 0 spiro atoms. The molecule has 0 radical (unpaired) electrons. The van der Waals surface area contributed by atoms with Crippen molar-refractivity contribution in [3.63, 3.8) is 0 Å². The predicted octanol–water partition coefficient (Wildman–Crippen LogP) is 2.33. The molecule has 0 aromatic heterocycles. The van der Waals surface area contributed by atoms with Gasteiger partial charge >= 0.3 is 0 Å². The third kappa shape index (κ3) is 3.64. The monoisotopic (exact) mass is 289 g/mol. The summed E-state index contributed by atoms with van der Waals surface area (Å²) in [5, 5.41) is 10.1. The van der Waals surface area contributed by atoms with Gasteiger partial charge in [0, 0.05) is 6.08 Å². The maximum Gasteiger partial charge on any atom is 0.246 e. The Labute approximate surface area is 126 Å². The fraction of sp³-hybridized carbons (Fsp3) is 0.471. The van der Waals surface area contributed by atoms with Gasteiger partial charge in [-0.15, -0.1) is 0 Å². The quantitative estimate of drug-likeness (QED) is 0.846. The second-order valence-electron chi connectivity index (χ2n) is 5.79. The molecule has 0 bridgehead atoms. The standard InChI is InChI=1S/C17H23NO3/c1-4-21-15-8-5-14(6-9-15)7-10-16(19)18-11-17(20,12-18)13(2)3/h5-10,13,20H,4,11-12H2,1-3H3. The summed E-state index contributed by atoms with van der Waals surface area (Å²) in [4.78, 5) is 13.6. The second kappa shape index (κ2) is 6.31. The molecule has 21 heavy (non-hydrogen) atoms. The van der Waals surface area contributed by atoms with Crippen molar-refractivity contribution in [1.82, 2.24) is 4.90 Å². The maximum atomic E-state index is 12.0. The first-order valence-corrected chi connectivity index (χ1v) is 7.37. The van der Waals surface area contributed by atoms with Gasteiger partial charge in [-0.25, -0.2) is 0 Å². The van der Waals surface area contributed by atoms with E-state index >= 15 is 0 Å². The van der Waals surface area contributed by atoms with Crippen LogP contribution < -0.4 is 4.74 Å². The van der Waals surface area contributed by atoms with Crippen LogP contribution in [0.25, 0.3) is 6.08 Å². The summed E-state index contributed by atoms with van der Waals surface area (Å²) in [6, 6.07) is 7.59. The van der Waals surface area contributed by atoms with Gasteiger partial charge in [0.2, 0.25) is 5.91 Å². The molecule has 1 aliphatic heterocycles. The lowest BCUT2D eigenvalue weighted by atomic mass is 9.83. The number of carbonyl (C=O) groups is 1. The van der Waals surface area contributed by atoms with Crippen molar-refractivity contribution in [1.29, 1.82) is 0 Å². The Bertz CT molecular complexity index is 513. The van der Waals surface area contributed by atoms with E-state index in [4.69, 9.17) is 4.74 Å². The number of amides is 1. The van der Waals surface area contributed by atoms with Crippen LogP contribution in [0.15, 0.2) is 30.3 Å². The van der Waals surface area contributed by atoms with Crippen molar-refractivity contribution < 1.29 is 14.6 Å². The summed E-state index contributed by atoms with van der Waals surface area (Å²) >= 11 is 0. The highest BCUT2D eigenvalue weighted by atomic mass is 16.5. The first-order chi connectivity index (χ1) is 9.94. The number of aliphatic hydroxyl groups is 1. The molecule has 2 rings (SSSR count). The Balaban J connectivity index is 1.88. The van der Waals surface area contributed by atoms with E-state index in [1.165, 1.54) is 0 Å². The average Bonchev–Trinajstić information content (AvgIpc) is 2.43. The van der Waals surface area contributed by atoms with Crippen LogP contribution in [0.4, 0.5) is 0 Å². The van der Waals surface area contributed by atoms with Crippen LogP contribution in [0.1, 0.15) is 26.3 Å². The van der Waals surface area contributed by atoms with Crippen LogP contribution in [0.5, 0.6) is 5.75 Å². The molecule has 0 atom stereocenters. The molecule has 114 valence electrons. The van der Waals surface area contributed by atoms with Crippen LogP contribution >= 0.6 is 0 Å². The molecular formula is C17H23NO3. The molecule has 1 aromatic rings. The number of β-amino-alcohol motifs (C(OH)–C–C–N with tert-alkyl or cyclic N) is 1. The highest BCUT2D eigenvalue weighted by molar-refractivity contribution is 5.92. The van der Waals surface area contributed by atoms with Gasteiger partial charge in [-0.05, 0) is 36.6 Å². The number of rotatable bonds is 5. The Morgan fingerprint density at radius 3 is 2.52 bits per heavy atom. The molecule has 4 nitrogen and oxygen atoms in total. The highest BCUT2D eigenvalue weighted by Gasteiger charge is 2.45. The van der Waals surface area contributed by atoms with E-state index in [2.05, 4.69) is 0 Å². The lowest BCUT2D eigenvalue weighted by Crippen LogP contribution is -2.65. The molecule has 1 fully saturated rings. The zero-order valence-electron chi connectivity index (χ0n) is 12.9. The molecular weight excluding hydrogens is 266 g/mol. The van der Waals surface area contributed by atoms with E-state index in [1.807, 2.05) is 45.0 Å². The van der Waals surface area contributed by atoms with Crippen LogP contribution in [-0.2, 0) is 4.79 Å². The van der Waals surface area contributed by atoms with Crippen molar-refractivity contribution in [2.45, 2.75) is 26.4 Å². The molecule has 1 N–H and O–H groups in total. The summed E-state index contributed by atoms with van der Waals surface area (Å²) in [7, 11) is 0. The van der Waals surface area contributed by atoms with E-state index in [-0.39, 0.29) is 11.8 Å². The van der Waals surface area contributed by atoms with Crippen LogP contribution in [-0.4, -0.2) is 41.2 Å². The lowest BCUT2D eigenvalue weighted by molar-refractivity contribution is -0.158. The molecule has 1 amide bonds. The minimum absolute atomic E-state index is 0.0609. The third-order valence-corrected chi connectivity index (χ3v) is 3.93. The predicted molar refractivity (Wildman–Crippen MR) is 83.0 cm³/mol. The minimum Gasteiger partial charge on any atom is -0.494 e. The maximum absolute atomic E-state index is 12.0. The van der Waals surface area contributed by atoms with E-state index in [0.29, 0.717) is 19.7 Å². The smallest absolute Gasteiger partial charge is 0.246 e. The molecule has 1 aliphatic rings. The number of hydrogen-bond donors (Lipinski definition) is 1. The van der Waals surface area contributed by atoms with Gasteiger partial charge in [-0.3, -0.25) is 4.79 Å². The minimum atomic E-state index is -0.720. The fourth-order valence-corrected chi connectivity index (χ4v) is 2.25. The van der Waals surface area contributed by atoms with Crippen LogP contribution in [0.2, 0.25) is 0 Å². The highest BCUT2D eigenvalue weighted by Crippen LogP contribution is 2.28. The molecule has 4 heteroatoms. The molecule has 1 aromatic carbocycles. The fourth-order valence-electron chi connectivity index (χ4n) is 2.25. The molecule has 1 saturated heterocycles. The van der Waals surface area contributed by atoms with Gasteiger partial charge in [-0.2, -0.15) is 0 Å². The van der Waals surface area contributed by atoms with Gasteiger partial charge < -0.3 is 14.7 Å². The van der Waals surface area contributed by atoms with Gasteiger partial charge in [0.15, 0.2) is 0 Å². The Morgan fingerprint density at radius 2 is 2.00 bits per heavy atom. The van der Waals surface area contributed by atoms with E-state index in [9.17, 15) is 9.90 Å². The Kier molecular flexibility index (Phi) is 4.68. The largest absolute Gasteiger partial charge is 0.494 e. The van der Waals surface area contributed by atoms with Gasteiger partial charge in [0.1, 0.15) is 11.4 Å². The SMILES string of the molecule is CCOc1ccc(C=CC(=O)N2CC(O)(C(C)C)C2)cc1. The Hall–Kier alpha value is -1.81. The first kappa shape index (κ1) is 15.6. The third-order valence-electron chi connectivity index (χ3n) is 3.93. The van der Waals surface area contributed by atoms with E-state index < -0.39 is 5.60 Å². The number of carbonyl (C=O) groups excluding carboxylic acids is 1. The number of nitrogens with zero attached hydrogens (tertiary/aromatic N) is 1. The topological polar surface area (TPSA) is 49.8 Å². The molecule has 0 saturated carbocycles. The Morgan fingerprint density at radius 1 is 1.38 bits per heavy atom.